The van der Waals surface area contributed by atoms with Gasteiger partial charge in [-0.05, 0) is 43.2 Å². The van der Waals surface area contributed by atoms with Crippen LogP contribution in [0.15, 0.2) is 47.4 Å². The molecule has 1 aliphatic rings. The summed E-state index contributed by atoms with van der Waals surface area (Å²) in [7, 11) is -3.67. The van der Waals surface area contributed by atoms with Crippen molar-refractivity contribution in [3.8, 4) is 5.75 Å². The molecule has 0 radical (unpaired) electrons. The normalized spacial score (nSPS) is 13.9. The Hall–Kier alpha value is -2.91. The number of anilines is 1. The van der Waals surface area contributed by atoms with Crippen LogP contribution in [-0.4, -0.2) is 46.5 Å². The van der Waals surface area contributed by atoms with E-state index in [0.717, 1.165) is 5.56 Å². The van der Waals surface area contributed by atoms with Crippen LogP contribution in [0.3, 0.4) is 0 Å². The second-order valence-corrected chi connectivity index (χ2v) is 8.80. The SMILES string of the molecule is Cc1ccc(C)c(S(=O)(=O)NCCNC(=O)CN2C(=O)CCOc3ccccc32)c1. The highest BCUT2D eigenvalue weighted by molar-refractivity contribution is 7.89. The number of amides is 2. The van der Waals surface area contributed by atoms with Crippen LogP contribution in [0.1, 0.15) is 17.5 Å². The van der Waals surface area contributed by atoms with Crippen LogP contribution in [0.5, 0.6) is 5.75 Å². The molecule has 8 nitrogen and oxygen atoms in total. The lowest BCUT2D eigenvalue weighted by Crippen LogP contribution is -2.42. The Morgan fingerprint density at radius 3 is 2.70 bits per heavy atom. The van der Waals surface area contributed by atoms with Gasteiger partial charge in [0.05, 0.1) is 23.6 Å². The average molecular weight is 432 g/mol. The molecule has 3 rings (SSSR count). The molecular weight excluding hydrogens is 406 g/mol. The van der Waals surface area contributed by atoms with Crippen LogP contribution in [0, 0.1) is 13.8 Å². The summed E-state index contributed by atoms with van der Waals surface area (Å²) in [5.41, 5.74) is 2.05. The van der Waals surface area contributed by atoms with E-state index >= 15 is 0 Å². The zero-order valence-corrected chi connectivity index (χ0v) is 17.8. The summed E-state index contributed by atoms with van der Waals surface area (Å²) in [5, 5.41) is 2.65. The number of ether oxygens (including phenoxy) is 1. The Kier molecular flexibility index (Phi) is 6.73. The van der Waals surface area contributed by atoms with Gasteiger partial charge in [0.15, 0.2) is 0 Å². The number of para-hydroxylation sites is 2. The molecule has 0 spiro atoms. The Labute approximate surface area is 176 Å². The summed E-state index contributed by atoms with van der Waals surface area (Å²) in [6, 6.07) is 12.3. The molecule has 1 aliphatic heterocycles. The predicted octanol–water partition coefficient (Wildman–Crippen LogP) is 1.51. The first-order valence-corrected chi connectivity index (χ1v) is 11.1. The fourth-order valence-electron chi connectivity index (χ4n) is 3.15. The largest absolute Gasteiger partial charge is 0.491 e. The lowest BCUT2D eigenvalue weighted by atomic mass is 10.2. The maximum Gasteiger partial charge on any atom is 0.240 e. The van der Waals surface area contributed by atoms with Crippen molar-refractivity contribution in [2.75, 3.05) is 31.1 Å². The first-order valence-electron chi connectivity index (χ1n) is 9.64. The number of sulfonamides is 1. The molecule has 0 fully saturated rings. The number of carbonyl (C=O) groups excluding carboxylic acids is 2. The fraction of sp³-hybridized carbons (Fsp3) is 0.333. The molecule has 0 unspecified atom stereocenters. The summed E-state index contributed by atoms with van der Waals surface area (Å²) in [4.78, 5) is 26.3. The van der Waals surface area contributed by atoms with E-state index in [1.165, 1.54) is 4.90 Å². The van der Waals surface area contributed by atoms with Gasteiger partial charge in [0.2, 0.25) is 21.8 Å². The van der Waals surface area contributed by atoms with Crippen molar-refractivity contribution in [2.45, 2.75) is 25.2 Å². The van der Waals surface area contributed by atoms with E-state index in [4.69, 9.17) is 4.74 Å². The van der Waals surface area contributed by atoms with Gasteiger partial charge in [-0.2, -0.15) is 0 Å². The Morgan fingerprint density at radius 1 is 1.13 bits per heavy atom. The molecule has 0 aliphatic carbocycles. The van der Waals surface area contributed by atoms with Crippen LogP contribution >= 0.6 is 0 Å². The molecule has 0 saturated carbocycles. The molecule has 1 heterocycles. The average Bonchev–Trinajstić information content (AvgIpc) is 2.86. The van der Waals surface area contributed by atoms with E-state index in [1.54, 1.807) is 43.3 Å². The second-order valence-electron chi connectivity index (χ2n) is 7.06. The smallest absolute Gasteiger partial charge is 0.240 e. The highest BCUT2D eigenvalue weighted by atomic mass is 32.2. The molecule has 2 aromatic carbocycles. The molecular formula is C21H25N3O5S. The van der Waals surface area contributed by atoms with Gasteiger partial charge >= 0.3 is 0 Å². The van der Waals surface area contributed by atoms with Crippen LogP contribution in [0.4, 0.5) is 5.69 Å². The maximum atomic E-state index is 12.5. The van der Waals surface area contributed by atoms with Crippen molar-refractivity contribution in [2.24, 2.45) is 0 Å². The van der Waals surface area contributed by atoms with E-state index in [2.05, 4.69) is 10.0 Å². The third kappa shape index (κ3) is 5.17. The third-order valence-electron chi connectivity index (χ3n) is 4.70. The number of benzene rings is 2. The number of rotatable bonds is 7. The molecule has 9 heteroatoms. The monoisotopic (exact) mass is 431 g/mol. The van der Waals surface area contributed by atoms with E-state index in [1.807, 2.05) is 13.0 Å². The van der Waals surface area contributed by atoms with Gasteiger partial charge in [-0.15, -0.1) is 0 Å². The number of hydrogen-bond donors (Lipinski definition) is 2. The van der Waals surface area contributed by atoms with Gasteiger partial charge in [0, 0.05) is 13.1 Å². The molecule has 0 atom stereocenters. The number of nitrogens with one attached hydrogen (secondary N) is 2. The number of hydrogen-bond acceptors (Lipinski definition) is 5. The van der Waals surface area contributed by atoms with E-state index in [0.29, 0.717) is 17.0 Å². The lowest BCUT2D eigenvalue weighted by molar-refractivity contribution is -0.123. The number of aryl methyl sites for hydroxylation is 2. The minimum Gasteiger partial charge on any atom is -0.491 e. The van der Waals surface area contributed by atoms with Crippen molar-refractivity contribution in [3.05, 3.63) is 53.6 Å². The minimum atomic E-state index is -3.67. The summed E-state index contributed by atoms with van der Waals surface area (Å²) in [6.07, 6.45) is 0.178. The van der Waals surface area contributed by atoms with Gasteiger partial charge < -0.3 is 10.1 Å². The Morgan fingerprint density at radius 2 is 1.90 bits per heavy atom. The number of fused-ring (bicyclic) bond motifs is 1. The van der Waals surface area contributed by atoms with Gasteiger partial charge in [0.1, 0.15) is 12.3 Å². The molecule has 160 valence electrons. The number of nitrogens with zero attached hydrogens (tertiary/aromatic N) is 1. The highest BCUT2D eigenvalue weighted by Gasteiger charge is 2.25. The molecule has 0 aromatic heterocycles. The van der Waals surface area contributed by atoms with Gasteiger partial charge in [-0.1, -0.05) is 24.3 Å². The Bertz CT molecular complexity index is 1050. The van der Waals surface area contributed by atoms with Crippen molar-refractivity contribution in [1.29, 1.82) is 0 Å². The zero-order valence-electron chi connectivity index (χ0n) is 17.0. The van der Waals surface area contributed by atoms with E-state index < -0.39 is 10.0 Å². The summed E-state index contributed by atoms with van der Waals surface area (Å²) >= 11 is 0. The summed E-state index contributed by atoms with van der Waals surface area (Å²) < 4.78 is 33.0. The molecule has 30 heavy (non-hydrogen) atoms. The molecule has 2 aromatic rings. The maximum absolute atomic E-state index is 12.5. The van der Waals surface area contributed by atoms with Crippen molar-refractivity contribution < 1.29 is 22.7 Å². The van der Waals surface area contributed by atoms with Crippen LogP contribution < -0.4 is 19.7 Å². The summed E-state index contributed by atoms with van der Waals surface area (Å²) in [5.74, 6) is -0.0332. The molecule has 2 amide bonds. The predicted molar refractivity (Wildman–Crippen MR) is 113 cm³/mol. The van der Waals surface area contributed by atoms with Crippen molar-refractivity contribution in [1.82, 2.24) is 10.0 Å². The van der Waals surface area contributed by atoms with Crippen LogP contribution in [-0.2, 0) is 19.6 Å². The topological polar surface area (TPSA) is 105 Å². The standard InChI is InChI=1S/C21H25N3O5S/c1-15-7-8-16(2)19(13-15)30(27,28)23-11-10-22-20(25)14-24-17-5-3-4-6-18(17)29-12-9-21(24)26/h3-8,13,23H,9-12,14H2,1-2H3,(H,22,25). The Balaban J connectivity index is 1.55. The van der Waals surface area contributed by atoms with Crippen LogP contribution in [0.25, 0.3) is 0 Å². The van der Waals surface area contributed by atoms with Crippen molar-refractivity contribution in [3.63, 3.8) is 0 Å². The zero-order chi connectivity index (χ0) is 21.7. The van der Waals surface area contributed by atoms with Gasteiger partial charge in [-0.3, -0.25) is 14.5 Å². The fourth-order valence-corrected chi connectivity index (χ4v) is 4.51. The molecule has 0 bridgehead atoms. The minimum absolute atomic E-state index is 0.0368. The third-order valence-corrected chi connectivity index (χ3v) is 6.31. The van der Waals surface area contributed by atoms with E-state index in [-0.39, 0.29) is 49.4 Å². The quantitative estimate of drug-likeness (QED) is 0.647. The van der Waals surface area contributed by atoms with Crippen molar-refractivity contribution >= 4 is 27.5 Å². The molecule has 2 N–H and O–H groups in total. The van der Waals surface area contributed by atoms with E-state index in [9.17, 15) is 18.0 Å². The number of carbonyl (C=O) groups is 2. The van der Waals surface area contributed by atoms with Gasteiger partial charge in [0.25, 0.3) is 0 Å². The summed E-state index contributed by atoms with van der Waals surface area (Å²) in [6.45, 7) is 3.79. The second kappa shape index (κ2) is 9.27. The highest BCUT2D eigenvalue weighted by Crippen LogP contribution is 2.30. The van der Waals surface area contributed by atoms with Gasteiger partial charge in [-0.25, -0.2) is 13.1 Å². The first-order chi connectivity index (χ1) is 14.3. The molecule has 0 saturated heterocycles. The van der Waals surface area contributed by atoms with Crippen LogP contribution in [0.2, 0.25) is 0 Å². The lowest BCUT2D eigenvalue weighted by Gasteiger charge is -2.21. The first kappa shape index (κ1) is 21.8.